The van der Waals surface area contributed by atoms with E-state index in [1.54, 1.807) is 12.0 Å². The Morgan fingerprint density at radius 1 is 1.45 bits per heavy atom. The molecule has 120 valence electrons. The quantitative estimate of drug-likeness (QED) is 0.894. The first-order valence-electron chi connectivity index (χ1n) is 6.99. The molecule has 0 aromatic carbocycles. The number of pyridine rings is 1. The molecule has 1 fully saturated rings. The lowest BCUT2D eigenvalue weighted by Gasteiger charge is -2.42. The van der Waals surface area contributed by atoms with Crippen molar-refractivity contribution < 1.29 is 24.2 Å². The zero-order valence-corrected chi connectivity index (χ0v) is 12.9. The van der Waals surface area contributed by atoms with Crippen LogP contribution in [0, 0.1) is 0 Å². The van der Waals surface area contributed by atoms with Crippen LogP contribution in [0.1, 0.15) is 34.8 Å². The van der Waals surface area contributed by atoms with Gasteiger partial charge in [0.1, 0.15) is 11.4 Å². The van der Waals surface area contributed by atoms with Gasteiger partial charge in [0.05, 0.1) is 18.3 Å². The summed E-state index contributed by atoms with van der Waals surface area (Å²) >= 11 is 0. The highest BCUT2D eigenvalue weighted by Crippen LogP contribution is 2.22. The molecule has 0 radical (unpaired) electrons. The van der Waals surface area contributed by atoms with Crippen LogP contribution in [0.2, 0.25) is 0 Å². The van der Waals surface area contributed by atoms with E-state index in [9.17, 15) is 9.59 Å². The SMILES string of the molecule is COCC1CN(C(=O)c2cccc(C(=O)O)n2)CC(C)(C)O1. The largest absolute Gasteiger partial charge is 0.477 e. The third-order valence-corrected chi connectivity index (χ3v) is 3.31. The molecule has 1 aliphatic rings. The number of rotatable bonds is 4. The molecular formula is C15H20N2O5. The lowest BCUT2D eigenvalue weighted by atomic mass is 10.0. The molecule has 1 aromatic heterocycles. The summed E-state index contributed by atoms with van der Waals surface area (Å²) in [4.78, 5) is 29.1. The molecule has 1 saturated heterocycles. The number of amides is 1. The maximum absolute atomic E-state index is 12.6. The summed E-state index contributed by atoms with van der Waals surface area (Å²) < 4.78 is 11.0. The van der Waals surface area contributed by atoms with Crippen molar-refractivity contribution in [2.75, 3.05) is 26.8 Å². The molecule has 7 nitrogen and oxygen atoms in total. The molecule has 1 amide bonds. The van der Waals surface area contributed by atoms with E-state index in [2.05, 4.69) is 4.98 Å². The van der Waals surface area contributed by atoms with Crippen LogP contribution < -0.4 is 0 Å². The summed E-state index contributed by atoms with van der Waals surface area (Å²) in [7, 11) is 1.58. The van der Waals surface area contributed by atoms with Crippen molar-refractivity contribution in [1.29, 1.82) is 0 Å². The average Bonchev–Trinajstić information content (AvgIpc) is 2.45. The molecule has 7 heteroatoms. The van der Waals surface area contributed by atoms with E-state index >= 15 is 0 Å². The highest BCUT2D eigenvalue weighted by molar-refractivity contribution is 5.94. The van der Waals surface area contributed by atoms with E-state index in [1.807, 2.05) is 13.8 Å². The molecule has 1 atom stereocenters. The average molecular weight is 308 g/mol. The zero-order valence-electron chi connectivity index (χ0n) is 12.9. The Labute approximate surface area is 128 Å². The molecule has 1 aromatic rings. The minimum absolute atomic E-state index is 0.119. The Kier molecular flexibility index (Phi) is 4.77. The number of carboxylic acids is 1. The van der Waals surface area contributed by atoms with Gasteiger partial charge in [-0.15, -0.1) is 0 Å². The van der Waals surface area contributed by atoms with Gasteiger partial charge in [-0.05, 0) is 26.0 Å². The van der Waals surface area contributed by atoms with Crippen LogP contribution in [0.15, 0.2) is 18.2 Å². The number of aromatic nitrogens is 1. The summed E-state index contributed by atoms with van der Waals surface area (Å²) in [5.41, 5.74) is -0.526. The normalized spacial score (nSPS) is 20.7. The summed E-state index contributed by atoms with van der Waals surface area (Å²) in [6.45, 7) is 4.97. The van der Waals surface area contributed by atoms with E-state index < -0.39 is 11.6 Å². The molecule has 0 aliphatic carbocycles. The fourth-order valence-electron chi connectivity index (χ4n) is 2.56. The van der Waals surface area contributed by atoms with Gasteiger partial charge in [-0.25, -0.2) is 9.78 Å². The molecule has 1 aliphatic heterocycles. The minimum Gasteiger partial charge on any atom is -0.477 e. The Balaban J connectivity index is 2.20. The fourth-order valence-corrected chi connectivity index (χ4v) is 2.56. The van der Waals surface area contributed by atoms with Crippen LogP contribution in [-0.4, -0.2) is 65.4 Å². The lowest BCUT2D eigenvalue weighted by Crippen LogP contribution is -2.55. The number of morpholine rings is 1. The van der Waals surface area contributed by atoms with Crippen molar-refractivity contribution in [2.24, 2.45) is 0 Å². The van der Waals surface area contributed by atoms with Crippen molar-refractivity contribution in [1.82, 2.24) is 9.88 Å². The number of hydrogen-bond donors (Lipinski definition) is 1. The molecular weight excluding hydrogens is 288 g/mol. The number of methoxy groups -OCH3 is 1. The van der Waals surface area contributed by atoms with Gasteiger partial charge < -0.3 is 19.5 Å². The van der Waals surface area contributed by atoms with Crippen molar-refractivity contribution in [3.63, 3.8) is 0 Å². The van der Waals surface area contributed by atoms with Gasteiger partial charge in [-0.1, -0.05) is 6.07 Å². The number of carboxylic acid groups (broad SMARTS) is 1. The summed E-state index contributed by atoms with van der Waals surface area (Å²) in [6, 6.07) is 4.39. The van der Waals surface area contributed by atoms with E-state index in [-0.39, 0.29) is 23.4 Å². The number of ether oxygens (including phenoxy) is 2. The number of carbonyl (C=O) groups excluding carboxylic acids is 1. The summed E-state index contributed by atoms with van der Waals surface area (Å²) in [5, 5.41) is 8.97. The lowest BCUT2D eigenvalue weighted by molar-refractivity contribution is -0.143. The first-order valence-corrected chi connectivity index (χ1v) is 6.99. The van der Waals surface area contributed by atoms with Gasteiger partial charge in [0.25, 0.3) is 5.91 Å². The second kappa shape index (κ2) is 6.41. The molecule has 0 saturated carbocycles. The highest BCUT2D eigenvalue weighted by atomic mass is 16.5. The van der Waals surface area contributed by atoms with E-state index in [0.29, 0.717) is 19.7 Å². The maximum atomic E-state index is 12.6. The summed E-state index contributed by atoms with van der Waals surface area (Å²) in [5.74, 6) is -1.46. The second-order valence-electron chi connectivity index (χ2n) is 5.85. The van der Waals surface area contributed by atoms with Crippen LogP contribution in [0.25, 0.3) is 0 Å². The Bertz CT molecular complexity index is 573. The van der Waals surface area contributed by atoms with Crippen LogP contribution in [0.4, 0.5) is 0 Å². The van der Waals surface area contributed by atoms with Gasteiger partial charge in [0.2, 0.25) is 0 Å². The third kappa shape index (κ3) is 3.80. The van der Waals surface area contributed by atoms with E-state index in [1.165, 1.54) is 18.2 Å². The third-order valence-electron chi connectivity index (χ3n) is 3.31. The fraction of sp³-hybridized carbons (Fsp3) is 0.533. The predicted octanol–water partition coefficient (Wildman–Crippen LogP) is 1.05. The standard InChI is InChI=1S/C15H20N2O5/c1-15(2)9-17(7-10(22-15)8-21-3)13(18)11-5-4-6-12(16-11)14(19)20/h4-6,10H,7-9H2,1-3H3,(H,19,20). The van der Waals surface area contributed by atoms with Gasteiger partial charge >= 0.3 is 5.97 Å². The summed E-state index contributed by atoms with van der Waals surface area (Å²) in [6.07, 6.45) is -0.222. The molecule has 22 heavy (non-hydrogen) atoms. The predicted molar refractivity (Wildman–Crippen MR) is 77.9 cm³/mol. The second-order valence-corrected chi connectivity index (χ2v) is 5.85. The van der Waals surface area contributed by atoms with Crippen molar-refractivity contribution in [2.45, 2.75) is 25.6 Å². The highest BCUT2D eigenvalue weighted by Gasteiger charge is 2.36. The monoisotopic (exact) mass is 308 g/mol. The van der Waals surface area contributed by atoms with Crippen molar-refractivity contribution in [3.8, 4) is 0 Å². The molecule has 0 bridgehead atoms. The topological polar surface area (TPSA) is 89.0 Å². The van der Waals surface area contributed by atoms with E-state index in [0.717, 1.165) is 0 Å². The van der Waals surface area contributed by atoms with Gasteiger partial charge in [0, 0.05) is 20.2 Å². The first-order chi connectivity index (χ1) is 10.3. The Morgan fingerprint density at radius 2 is 2.14 bits per heavy atom. The maximum Gasteiger partial charge on any atom is 0.354 e. The van der Waals surface area contributed by atoms with Crippen LogP contribution in [0.3, 0.4) is 0 Å². The van der Waals surface area contributed by atoms with Crippen LogP contribution in [-0.2, 0) is 9.47 Å². The number of aromatic carboxylic acids is 1. The smallest absolute Gasteiger partial charge is 0.354 e. The van der Waals surface area contributed by atoms with Gasteiger partial charge in [-0.3, -0.25) is 4.79 Å². The molecule has 2 rings (SSSR count). The molecule has 2 heterocycles. The van der Waals surface area contributed by atoms with Crippen LogP contribution in [0.5, 0.6) is 0 Å². The first kappa shape index (κ1) is 16.4. The minimum atomic E-state index is -1.16. The van der Waals surface area contributed by atoms with Gasteiger partial charge in [0.15, 0.2) is 0 Å². The zero-order chi connectivity index (χ0) is 16.3. The van der Waals surface area contributed by atoms with E-state index in [4.69, 9.17) is 14.6 Å². The molecule has 1 N–H and O–H groups in total. The number of nitrogens with zero attached hydrogens (tertiary/aromatic N) is 2. The van der Waals surface area contributed by atoms with Crippen molar-refractivity contribution >= 4 is 11.9 Å². The Hall–Kier alpha value is -1.99. The van der Waals surface area contributed by atoms with Gasteiger partial charge in [-0.2, -0.15) is 0 Å². The molecule has 1 unspecified atom stereocenters. The van der Waals surface area contributed by atoms with Crippen molar-refractivity contribution in [3.05, 3.63) is 29.6 Å². The van der Waals surface area contributed by atoms with Crippen LogP contribution >= 0.6 is 0 Å². The Morgan fingerprint density at radius 3 is 2.77 bits per heavy atom. The number of carbonyl (C=O) groups is 2. The number of hydrogen-bond acceptors (Lipinski definition) is 5. The molecule has 0 spiro atoms.